The van der Waals surface area contributed by atoms with Crippen LogP contribution in [0.5, 0.6) is 0 Å². The van der Waals surface area contributed by atoms with E-state index in [1.54, 1.807) is 0 Å². The van der Waals surface area contributed by atoms with Gasteiger partial charge in [-0.25, -0.2) is 0 Å². The predicted octanol–water partition coefficient (Wildman–Crippen LogP) is 5.54. The van der Waals surface area contributed by atoms with Crippen molar-refractivity contribution in [3.8, 4) is 0 Å². The molecular formula is C6H13Br6N4P. The lowest BCUT2D eigenvalue weighted by molar-refractivity contribution is 0.438. The van der Waals surface area contributed by atoms with Crippen molar-refractivity contribution in [3.05, 3.63) is 0 Å². The van der Waals surface area contributed by atoms with Gasteiger partial charge in [-0.1, -0.05) is 31.9 Å². The highest BCUT2D eigenvalue weighted by Crippen LogP contribution is 2.66. The van der Waals surface area contributed by atoms with E-state index in [0.29, 0.717) is 0 Å². The van der Waals surface area contributed by atoms with Crippen molar-refractivity contribution in [1.29, 1.82) is 0 Å². The number of rotatable bonds is 4. The van der Waals surface area contributed by atoms with E-state index < -0.39 is 9.77 Å². The fraction of sp³-hybridized carbons (Fsp3) is 1.00. The largest absolute Gasteiger partial charge is 0.251 e. The maximum Gasteiger partial charge on any atom is 0.196 e. The molecule has 0 rings (SSSR count). The Balaban J connectivity index is 5.90. The average Bonchev–Trinajstić information content (AvgIpc) is 2.09. The molecule has 0 aromatic carbocycles. The molecule has 17 heavy (non-hydrogen) atoms. The lowest BCUT2D eigenvalue weighted by Gasteiger charge is -2.47. The van der Waals surface area contributed by atoms with Crippen LogP contribution in [-0.2, 0) is 0 Å². The predicted molar refractivity (Wildman–Crippen MR) is 98.6 cm³/mol. The molecule has 0 fully saturated rings. The SMILES string of the molecule is CN(C)P(=NBr)(N(C)C)N(C(Br)Br)C(Br)(Br)Br. The molecule has 0 aliphatic rings. The van der Waals surface area contributed by atoms with E-state index in [-0.39, 0.29) is 3.86 Å². The topological polar surface area (TPSA) is 22.1 Å². The Morgan fingerprint density at radius 1 is 1.00 bits per heavy atom. The lowest BCUT2D eigenvalue weighted by atomic mass is 11.2. The van der Waals surface area contributed by atoms with Crippen LogP contribution >= 0.6 is 103 Å². The number of alkyl halides is 5. The van der Waals surface area contributed by atoms with Gasteiger partial charge in [-0.2, -0.15) is 8.44 Å². The van der Waals surface area contributed by atoms with Gasteiger partial charge >= 0.3 is 0 Å². The summed E-state index contributed by atoms with van der Waals surface area (Å²) in [6.07, 6.45) is 0. The Bertz CT molecular complexity index is 289. The van der Waals surface area contributed by atoms with Gasteiger partial charge in [0.2, 0.25) is 0 Å². The molecule has 0 spiro atoms. The van der Waals surface area contributed by atoms with Gasteiger partial charge in [0.15, 0.2) is 9.77 Å². The molecule has 0 saturated carbocycles. The maximum absolute atomic E-state index is 4.46. The molecule has 0 bridgehead atoms. The van der Waals surface area contributed by atoms with Crippen LogP contribution < -0.4 is 0 Å². The Morgan fingerprint density at radius 3 is 1.41 bits per heavy atom. The van der Waals surface area contributed by atoms with Crippen LogP contribution in [0.25, 0.3) is 0 Å². The lowest BCUT2D eigenvalue weighted by Crippen LogP contribution is -2.42. The average molecular weight is 652 g/mol. The number of hydrogen-bond donors (Lipinski definition) is 0. The Hall–Kier alpha value is 2.99. The van der Waals surface area contributed by atoms with Crippen LogP contribution in [0.2, 0.25) is 0 Å². The fourth-order valence-corrected chi connectivity index (χ4v) is 12.1. The molecule has 104 valence electrons. The summed E-state index contributed by atoms with van der Waals surface area (Å²) >= 11 is 21.0. The van der Waals surface area contributed by atoms with Crippen LogP contribution in [0.3, 0.4) is 0 Å². The first-order valence-electron chi connectivity index (χ1n) is 4.24. The van der Waals surface area contributed by atoms with Gasteiger partial charge in [-0.15, -0.1) is 0 Å². The second kappa shape index (κ2) is 7.84. The summed E-state index contributed by atoms with van der Waals surface area (Å²) in [6.45, 7) is 0. The third-order valence-corrected chi connectivity index (χ3v) is 10.1. The minimum absolute atomic E-state index is 0.0902. The fourth-order valence-electron chi connectivity index (χ4n) is 1.29. The first kappa shape index (κ1) is 20.0. The van der Waals surface area contributed by atoms with Gasteiger partial charge in [0, 0.05) is 0 Å². The van der Waals surface area contributed by atoms with Gasteiger partial charge in [0.1, 0.15) is 3.86 Å². The quantitative estimate of drug-likeness (QED) is 0.227. The maximum atomic E-state index is 4.46. The zero-order valence-corrected chi connectivity index (χ0v) is 20.0. The molecule has 0 atom stereocenters. The van der Waals surface area contributed by atoms with Crippen LogP contribution in [0, 0.1) is 0 Å². The van der Waals surface area contributed by atoms with Crippen LogP contribution in [-0.4, -0.2) is 48.3 Å². The molecule has 0 N–H and O–H groups in total. The van der Waals surface area contributed by atoms with Gasteiger partial charge in [-0.3, -0.25) is 9.34 Å². The molecular weight excluding hydrogens is 638 g/mol. The van der Waals surface area contributed by atoms with E-state index in [9.17, 15) is 0 Å². The molecule has 0 aromatic rings. The highest BCUT2D eigenvalue weighted by Gasteiger charge is 2.46. The highest BCUT2D eigenvalue weighted by atomic mass is 80.0. The second-order valence-electron chi connectivity index (χ2n) is 3.40. The summed E-state index contributed by atoms with van der Waals surface area (Å²) in [4.78, 5) is 0. The minimum atomic E-state index is -2.10. The van der Waals surface area contributed by atoms with Crippen molar-refractivity contribution in [2.75, 3.05) is 28.2 Å². The Morgan fingerprint density at radius 2 is 1.35 bits per heavy atom. The number of halogens is 6. The molecule has 0 heterocycles. The van der Waals surface area contributed by atoms with Crippen molar-refractivity contribution in [1.82, 2.24) is 14.0 Å². The standard InChI is InChI=1S/C6H13Br6N4P/c1-14(2)17(13-12,15(3)4)16(5(7)8)6(9,10)11/h5H,1-4H3. The molecule has 0 aromatic heterocycles. The van der Waals surface area contributed by atoms with Crippen molar-refractivity contribution >= 4 is 103 Å². The van der Waals surface area contributed by atoms with Gasteiger partial charge in [-0.05, 0) is 76.0 Å². The smallest absolute Gasteiger partial charge is 0.196 e. The molecule has 0 amide bonds. The Kier molecular flexibility index (Phi) is 9.22. The van der Waals surface area contributed by atoms with Crippen molar-refractivity contribution < 1.29 is 0 Å². The zero-order chi connectivity index (χ0) is 14.0. The molecule has 11 heteroatoms. The number of nitrogens with zero attached hydrogens (tertiary/aromatic N) is 4. The summed E-state index contributed by atoms with van der Waals surface area (Å²) in [7, 11) is 5.87. The minimum Gasteiger partial charge on any atom is -0.251 e. The first-order chi connectivity index (χ1) is 7.51. The Labute approximate surface area is 153 Å². The molecule has 0 aliphatic heterocycles. The third kappa shape index (κ3) is 4.74. The molecule has 0 saturated heterocycles. The summed E-state index contributed by atoms with van der Waals surface area (Å²) in [5.74, 6) is 0. The van der Waals surface area contributed by atoms with Gasteiger partial charge in [0.25, 0.3) is 0 Å². The van der Waals surface area contributed by atoms with Crippen LogP contribution in [0.4, 0.5) is 0 Å². The highest BCUT2D eigenvalue weighted by molar-refractivity contribution is 9.39. The molecule has 0 unspecified atom stereocenters. The second-order valence-corrected chi connectivity index (χ2v) is 17.2. The van der Waals surface area contributed by atoms with Gasteiger partial charge < -0.3 is 0 Å². The van der Waals surface area contributed by atoms with Crippen molar-refractivity contribution in [3.63, 3.8) is 0 Å². The van der Waals surface area contributed by atoms with Crippen LogP contribution in [0.15, 0.2) is 3.77 Å². The van der Waals surface area contributed by atoms with Crippen molar-refractivity contribution in [2.24, 2.45) is 3.77 Å². The first-order valence-corrected chi connectivity index (χ1v) is 10.8. The van der Waals surface area contributed by atoms with Crippen LogP contribution in [0.1, 0.15) is 0 Å². The van der Waals surface area contributed by atoms with E-state index >= 15 is 0 Å². The summed E-state index contributed by atoms with van der Waals surface area (Å²) in [6, 6.07) is 0. The van der Waals surface area contributed by atoms with E-state index in [4.69, 9.17) is 0 Å². The monoisotopic (exact) mass is 646 g/mol. The molecule has 0 aliphatic carbocycles. The molecule has 4 nitrogen and oxygen atoms in total. The number of hydrogen-bond acceptors (Lipinski definition) is 1. The third-order valence-electron chi connectivity index (χ3n) is 1.91. The summed E-state index contributed by atoms with van der Waals surface area (Å²) in [5.41, 5.74) is 0. The molecule has 0 radical (unpaired) electrons. The normalized spacial score (nSPS) is 14.2. The summed E-state index contributed by atoms with van der Waals surface area (Å²) in [5, 5.41) is 0. The van der Waals surface area contributed by atoms with E-state index in [0.717, 1.165) is 0 Å². The zero-order valence-electron chi connectivity index (χ0n) is 9.58. The summed E-state index contributed by atoms with van der Waals surface area (Å²) < 4.78 is 10.0. The van der Waals surface area contributed by atoms with Crippen molar-refractivity contribution in [2.45, 2.75) is 6.13 Å². The van der Waals surface area contributed by atoms with Gasteiger partial charge in [0.05, 0.1) is 16.1 Å². The van der Waals surface area contributed by atoms with E-state index in [2.05, 4.69) is 114 Å². The van der Waals surface area contributed by atoms with E-state index in [1.807, 2.05) is 28.2 Å². The van der Waals surface area contributed by atoms with E-state index in [1.165, 1.54) is 0 Å².